The third-order valence-corrected chi connectivity index (χ3v) is 3.73. The van der Waals surface area contributed by atoms with Crippen LogP contribution in [0.15, 0.2) is 43.0 Å². The standard InChI is InChI=1S/C20H16FN5O3/c1-4-13-9-17(14(10-15(13)21)20(28)29-12(2)3)23-19(27)16-5-6-18(25-24-16)26-8-7-22-11-26/h1,5-12H,2-3H3,(H,23,27). The summed E-state index contributed by atoms with van der Waals surface area (Å²) in [6.07, 6.45) is 9.65. The van der Waals surface area contributed by atoms with Crippen LogP contribution in [0.25, 0.3) is 5.82 Å². The van der Waals surface area contributed by atoms with Crippen molar-refractivity contribution in [1.29, 1.82) is 0 Å². The molecule has 2 heterocycles. The summed E-state index contributed by atoms with van der Waals surface area (Å²) in [5, 5.41) is 10.3. The fraction of sp³-hybridized carbons (Fsp3) is 0.150. The van der Waals surface area contributed by atoms with Gasteiger partial charge < -0.3 is 10.1 Å². The average molecular weight is 393 g/mol. The number of anilines is 1. The van der Waals surface area contributed by atoms with E-state index in [1.54, 1.807) is 36.9 Å². The van der Waals surface area contributed by atoms with Crippen LogP contribution < -0.4 is 5.32 Å². The van der Waals surface area contributed by atoms with E-state index in [1.165, 1.54) is 18.5 Å². The van der Waals surface area contributed by atoms with Gasteiger partial charge in [0.25, 0.3) is 5.91 Å². The van der Waals surface area contributed by atoms with Crippen molar-refractivity contribution < 1.29 is 18.7 Å². The lowest BCUT2D eigenvalue weighted by Gasteiger charge is -2.13. The maximum atomic E-state index is 14.1. The summed E-state index contributed by atoms with van der Waals surface area (Å²) in [4.78, 5) is 28.8. The Bertz CT molecular complexity index is 1090. The molecule has 1 amide bonds. The fourth-order valence-corrected chi connectivity index (χ4v) is 2.40. The molecule has 146 valence electrons. The van der Waals surface area contributed by atoms with Gasteiger partial charge in [-0.25, -0.2) is 14.2 Å². The second kappa shape index (κ2) is 8.31. The van der Waals surface area contributed by atoms with Gasteiger partial charge in [-0.3, -0.25) is 9.36 Å². The predicted molar refractivity (Wildman–Crippen MR) is 102 cm³/mol. The lowest BCUT2D eigenvalue weighted by atomic mass is 10.1. The molecular formula is C20H16FN5O3. The Morgan fingerprint density at radius 3 is 2.66 bits per heavy atom. The van der Waals surface area contributed by atoms with E-state index in [0.29, 0.717) is 5.82 Å². The molecule has 0 aliphatic rings. The van der Waals surface area contributed by atoms with Crippen molar-refractivity contribution in [2.75, 3.05) is 5.32 Å². The number of imidazole rings is 1. The molecule has 9 heteroatoms. The summed E-state index contributed by atoms with van der Waals surface area (Å²) in [7, 11) is 0. The summed E-state index contributed by atoms with van der Waals surface area (Å²) >= 11 is 0. The van der Waals surface area contributed by atoms with Crippen molar-refractivity contribution in [3.8, 4) is 18.2 Å². The van der Waals surface area contributed by atoms with Crippen LogP contribution in [-0.4, -0.2) is 37.7 Å². The molecule has 1 aromatic carbocycles. The third kappa shape index (κ3) is 4.44. The van der Waals surface area contributed by atoms with Gasteiger partial charge in [0.1, 0.15) is 12.1 Å². The first-order chi connectivity index (χ1) is 13.9. The Hall–Kier alpha value is -4.06. The minimum Gasteiger partial charge on any atom is -0.459 e. The summed E-state index contributed by atoms with van der Waals surface area (Å²) in [6.45, 7) is 3.31. The van der Waals surface area contributed by atoms with Gasteiger partial charge in [-0.1, -0.05) is 5.92 Å². The molecule has 0 fully saturated rings. The lowest BCUT2D eigenvalue weighted by Crippen LogP contribution is -2.19. The zero-order valence-corrected chi connectivity index (χ0v) is 15.6. The van der Waals surface area contributed by atoms with Crippen molar-refractivity contribution in [3.05, 3.63) is 65.6 Å². The molecule has 0 unspecified atom stereocenters. The van der Waals surface area contributed by atoms with Gasteiger partial charge >= 0.3 is 5.97 Å². The topological polar surface area (TPSA) is 99.0 Å². The highest BCUT2D eigenvalue weighted by Gasteiger charge is 2.20. The Kier molecular flexibility index (Phi) is 5.64. The summed E-state index contributed by atoms with van der Waals surface area (Å²) in [5.41, 5.74) is -0.270. The van der Waals surface area contributed by atoms with Crippen LogP contribution in [0.5, 0.6) is 0 Å². The van der Waals surface area contributed by atoms with E-state index in [-0.39, 0.29) is 22.5 Å². The van der Waals surface area contributed by atoms with Gasteiger partial charge in [-0.05, 0) is 38.1 Å². The molecule has 1 N–H and O–H groups in total. The number of halogens is 1. The van der Waals surface area contributed by atoms with E-state index in [4.69, 9.17) is 11.2 Å². The predicted octanol–water partition coefficient (Wildman–Crippen LogP) is 2.60. The van der Waals surface area contributed by atoms with Crippen LogP contribution in [-0.2, 0) is 4.74 Å². The lowest BCUT2D eigenvalue weighted by molar-refractivity contribution is 0.0378. The first kappa shape index (κ1) is 19.7. The van der Waals surface area contributed by atoms with Gasteiger partial charge in [-0.15, -0.1) is 16.6 Å². The van der Waals surface area contributed by atoms with Crippen molar-refractivity contribution in [3.63, 3.8) is 0 Å². The number of aromatic nitrogens is 4. The smallest absolute Gasteiger partial charge is 0.340 e. The number of amides is 1. The van der Waals surface area contributed by atoms with E-state index in [0.717, 1.165) is 6.07 Å². The van der Waals surface area contributed by atoms with E-state index >= 15 is 0 Å². The second-order valence-corrected chi connectivity index (χ2v) is 6.18. The van der Waals surface area contributed by atoms with Crippen LogP contribution in [0, 0.1) is 18.2 Å². The van der Waals surface area contributed by atoms with Gasteiger partial charge in [-0.2, -0.15) is 0 Å². The normalized spacial score (nSPS) is 10.4. The van der Waals surface area contributed by atoms with Crippen LogP contribution in [0.4, 0.5) is 10.1 Å². The van der Waals surface area contributed by atoms with E-state index < -0.39 is 23.8 Å². The minimum atomic E-state index is -0.792. The molecule has 3 aromatic rings. The van der Waals surface area contributed by atoms with Crippen molar-refractivity contribution in [2.45, 2.75) is 20.0 Å². The Labute approximate surface area is 165 Å². The van der Waals surface area contributed by atoms with Gasteiger partial charge in [0.2, 0.25) is 0 Å². The summed E-state index contributed by atoms with van der Waals surface area (Å²) in [6, 6.07) is 5.16. The average Bonchev–Trinajstić information content (AvgIpc) is 3.23. The van der Waals surface area contributed by atoms with Crippen LogP contribution in [0.1, 0.15) is 40.3 Å². The maximum absolute atomic E-state index is 14.1. The highest BCUT2D eigenvalue weighted by atomic mass is 19.1. The number of ether oxygens (including phenoxy) is 1. The third-order valence-electron chi connectivity index (χ3n) is 3.73. The Morgan fingerprint density at radius 2 is 2.07 bits per heavy atom. The van der Waals surface area contributed by atoms with Crippen molar-refractivity contribution in [1.82, 2.24) is 19.7 Å². The zero-order valence-electron chi connectivity index (χ0n) is 15.6. The molecule has 0 saturated heterocycles. The van der Waals surface area contributed by atoms with Gasteiger partial charge in [0, 0.05) is 12.4 Å². The number of benzene rings is 1. The number of hydrogen-bond donors (Lipinski definition) is 1. The molecule has 0 aliphatic carbocycles. The van der Waals surface area contributed by atoms with Crippen molar-refractivity contribution >= 4 is 17.6 Å². The zero-order chi connectivity index (χ0) is 21.0. The molecule has 0 atom stereocenters. The van der Waals surface area contributed by atoms with Crippen molar-refractivity contribution in [2.24, 2.45) is 0 Å². The number of rotatable bonds is 5. The molecule has 0 spiro atoms. The highest BCUT2D eigenvalue weighted by Crippen LogP contribution is 2.23. The number of nitrogens with zero attached hydrogens (tertiary/aromatic N) is 4. The number of hydrogen-bond acceptors (Lipinski definition) is 6. The van der Waals surface area contributed by atoms with Crippen LogP contribution in [0.2, 0.25) is 0 Å². The maximum Gasteiger partial charge on any atom is 0.340 e. The van der Waals surface area contributed by atoms with E-state index in [9.17, 15) is 14.0 Å². The monoisotopic (exact) mass is 393 g/mol. The van der Waals surface area contributed by atoms with E-state index in [1.807, 2.05) is 0 Å². The fourth-order valence-electron chi connectivity index (χ4n) is 2.40. The Morgan fingerprint density at radius 1 is 1.28 bits per heavy atom. The second-order valence-electron chi connectivity index (χ2n) is 6.18. The SMILES string of the molecule is C#Cc1cc(NC(=O)c2ccc(-n3ccnc3)nn2)c(C(=O)OC(C)C)cc1F. The number of nitrogens with one attached hydrogen (secondary N) is 1. The number of terminal acetylenes is 1. The number of esters is 1. The summed E-state index contributed by atoms with van der Waals surface area (Å²) in [5.74, 6) is 0.418. The molecule has 0 aliphatic heterocycles. The first-order valence-electron chi connectivity index (χ1n) is 8.53. The molecular weight excluding hydrogens is 377 g/mol. The Balaban J connectivity index is 1.89. The molecule has 8 nitrogen and oxygen atoms in total. The molecule has 29 heavy (non-hydrogen) atoms. The highest BCUT2D eigenvalue weighted by molar-refractivity contribution is 6.07. The molecule has 3 rings (SSSR count). The molecule has 0 bridgehead atoms. The number of carbonyl (C=O) groups excluding carboxylic acids is 2. The molecule has 0 saturated carbocycles. The van der Waals surface area contributed by atoms with Gasteiger partial charge in [0.05, 0.1) is 22.9 Å². The molecule has 2 aromatic heterocycles. The summed E-state index contributed by atoms with van der Waals surface area (Å²) < 4.78 is 20.8. The van der Waals surface area contributed by atoms with E-state index in [2.05, 4.69) is 26.4 Å². The molecule has 0 radical (unpaired) electrons. The minimum absolute atomic E-state index is 0.00971. The largest absolute Gasteiger partial charge is 0.459 e. The van der Waals surface area contributed by atoms with Crippen LogP contribution >= 0.6 is 0 Å². The van der Waals surface area contributed by atoms with Crippen LogP contribution in [0.3, 0.4) is 0 Å². The van der Waals surface area contributed by atoms with Gasteiger partial charge in [0.15, 0.2) is 11.5 Å². The first-order valence-corrected chi connectivity index (χ1v) is 8.53. The quantitative estimate of drug-likeness (QED) is 0.528. The number of carbonyl (C=O) groups is 2.